The molecule has 0 radical (unpaired) electrons. The molecule has 1 fully saturated rings. The van der Waals surface area contributed by atoms with E-state index in [1.807, 2.05) is 6.07 Å². The van der Waals surface area contributed by atoms with Crippen LogP contribution in [0, 0.1) is 0 Å². The number of ether oxygens (including phenoxy) is 2. The minimum Gasteiger partial charge on any atom is -0.482 e. The Hall–Kier alpha value is -3.30. The Kier molecular flexibility index (Phi) is 8.13. The second-order valence-electron chi connectivity index (χ2n) is 6.87. The molecule has 2 aromatic rings. The highest BCUT2D eigenvalue weighted by Crippen LogP contribution is 2.35. The summed E-state index contributed by atoms with van der Waals surface area (Å²) in [5.41, 5.74) is 1.20. The first-order chi connectivity index (χ1) is 15.8. The maximum absolute atomic E-state index is 12.7. The van der Waals surface area contributed by atoms with Crippen LogP contribution in [-0.2, 0) is 19.1 Å². The number of anilines is 1. The molecule has 3 rings (SSSR count). The van der Waals surface area contributed by atoms with E-state index in [4.69, 9.17) is 21.1 Å². The Morgan fingerprint density at radius 2 is 1.91 bits per heavy atom. The van der Waals surface area contributed by atoms with Crippen LogP contribution in [0.2, 0.25) is 5.02 Å². The van der Waals surface area contributed by atoms with Crippen molar-refractivity contribution >= 4 is 58.1 Å². The number of benzene rings is 2. The fourth-order valence-electron chi connectivity index (χ4n) is 2.92. The molecule has 0 saturated carbocycles. The van der Waals surface area contributed by atoms with Crippen LogP contribution < -0.4 is 10.1 Å². The third kappa shape index (κ3) is 6.15. The number of hydrogen-bond acceptors (Lipinski definition) is 7. The van der Waals surface area contributed by atoms with Crippen LogP contribution >= 0.6 is 23.4 Å². The van der Waals surface area contributed by atoms with Crippen molar-refractivity contribution in [2.24, 2.45) is 0 Å². The summed E-state index contributed by atoms with van der Waals surface area (Å²) in [4.78, 5) is 49.9. The second kappa shape index (κ2) is 11.0. The Bertz CT molecular complexity index is 1110. The van der Waals surface area contributed by atoms with Crippen LogP contribution in [0.4, 0.5) is 10.5 Å². The number of nitrogens with zero attached hydrogens (tertiary/aromatic N) is 1. The lowest BCUT2D eigenvalue weighted by molar-refractivity contribution is -0.150. The molecule has 3 amide bonds. The predicted octanol–water partition coefficient (Wildman–Crippen LogP) is 4.35. The summed E-state index contributed by atoms with van der Waals surface area (Å²) in [6.45, 7) is 2.99. The van der Waals surface area contributed by atoms with Crippen LogP contribution in [0.25, 0.3) is 6.08 Å². The highest BCUT2D eigenvalue weighted by atomic mass is 35.5. The first kappa shape index (κ1) is 24.3. The molecule has 1 N–H and O–H groups in total. The third-order valence-electron chi connectivity index (χ3n) is 4.51. The van der Waals surface area contributed by atoms with E-state index in [9.17, 15) is 19.2 Å². The number of carbonyl (C=O) groups is 4. The number of esters is 1. The van der Waals surface area contributed by atoms with E-state index in [1.54, 1.807) is 49.4 Å². The van der Waals surface area contributed by atoms with Gasteiger partial charge >= 0.3 is 5.97 Å². The van der Waals surface area contributed by atoms with Gasteiger partial charge in [0.15, 0.2) is 6.61 Å². The predicted molar refractivity (Wildman–Crippen MR) is 126 cm³/mol. The van der Waals surface area contributed by atoms with Crippen molar-refractivity contribution < 1.29 is 28.7 Å². The van der Waals surface area contributed by atoms with Gasteiger partial charge in [0.1, 0.15) is 11.8 Å². The molecule has 172 valence electrons. The average molecular weight is 489 g/mol. The first-order valence-corrected chi connectivity index (χ1v) is 11.2. The van der Waals surface area contributed by atoms with Gasteiger partial charge in [-0.05, 0) is 61.5 Å². The molecule has 0 spiro atoms. The van der Waals surface area contributed by atoms with Gasteiger partial charge in [-0.1, -0.05) is 35.9 Å². The van der Waals surface area contributed by atoms with Crippen LogP contribution in [0.15, 0.2) is 53.4 Å². The Morgan fingerprint density at radius 3 is 2.58 bits per heavy atom. The van der Waals surface area contributed by atoms with Gasteiger partial charge in [-0.25, -0.2) is 4.79 Å². The number of carbonyl (C=O) groups excluding carboxylic acids is 4. The summed E-state index contributed by atoms with van der Waals surface area (Å²) < 4.78 is 10.4. The standard InChI is InChI=1S/C23H21ClN2O6S/c1-3-31-22(29)14(2)26-21(28)19(33-23(26)30)12-15-9-10-18(17(24)11-15)32-13-20(27)25-16-7-5-4-6-8-16/h4-12,14H,3,13H2,1-2H3,(H,25,27). The van der Waals surface area contributed by atoms with Gasteiger partial charge in [0, 0.05) is 5.69 Å². The monoisotopic (exact) mass is 488 g/mol. The highest BCUT2D eigenvalue weighted by Gasteiger charge is 2.41. The van der Waals surface area contributed by atoms with Crippen molar-refractivity contribution in [2.75, 3.05) is 18.5 Å². The molecule has 1 heterocycles. The fourth-order valence-corrected chi connectivity index (χ4v) is 4.07. The number of amides is 3. The lowest BCUT2D eigenvalue weighted by Gasteiger charge is -2.19. The van der Waals surface area contributed by atoms with Crippen LogP contribution in [0.3, 0.4) is 0 Å². The number of halogens is 1. The third-order valence-corrected chi connectivity index (χ3v) is 5.69. The molecule has 8 nitrogen and oxygen atoms in total. The zero-order valence-corrected chi connectivity index (χ0v) is 19.4. The molecule has 10 heteroatoms. The molecular weight excluding hydrogens is 468 g/mol. The number of hydrogen-bond donors (Lipinski definition) is 1. The number of imide groups is 1. The summed E-state index contributed by atoms with van der Waals surface area (Å²) in [7, 11) is 0. The number of rotatable bonds is 8. The Morgan fingerprint density at radius 1 is 1.18 bits per heavy atom. The SMILES string of the molecule is CCOC(=O)C(C)N1C(=O)SC(=Cc2ccc(OCC(=O)Nc3ccccc3)c(Cl)c2)C1=O. The maximum atomic E-state index is 12.7. The molecule has 33 heavy (non-hydrogen) atoms. The molecule has 0 aromatic heterocycles. The van der Waals surface area contributed by atoms with Crippen molar-refractivity contribution in [3.8, 4) is 5.75 Å². The van der Waals surface area contributed by atoms with E-state index in [0.717, 1.165) is 16.7 Å². The van der Waals surface area contributed by atoms with Gasteiger partial charge in [0.05, 0.1) is 16.5 Å². The van der Waals surface area contributed by atoms with E-state index in [2.05, 4.69) is 5.32 Å². The molecule has 0 aliphatic carbocycles. The summed E-state index contributed by atoms with van der Waals surface area (Å²) in [6.07, 6.45) is 1.50. The highest BCUT2D eigenvalue weighted by molar-refractivity contribution is 8.18. The number of nitrogens with one attached hydrogen (secondary N) is 1. The van der Waals surface area contributed by atoms with Gasteiger partial charge in [-0.3, -0.25) is 19.3 Å². The topological polar surface area (TPSA) is 102 Å². The number of thioether (sulfide) groups is 1. The van der Waals surface area contributed by atoms with E-state index in [1.165, 1.54) is 13.0 Å². The fraction of sp³-hybridized carbons (Fsp3) is 0.217. The lowest BCUT2D eigenvalue weighted by Crippen LogP contribution is -2.42. The zero-order chi connectivity index (χ0) is 24.0. The summed E-state index contributed by atoms with van der Waals surface area (Å²) >= 11 is 6.99. The Balaban J connectivity index is 1.64. The minimum absolute atomic E-state index is 0.149. The molecule has 2 aromatic carbocycles. The quantitative estimate of drug-likeness (QED) is 0.435. The molecule has 1 unspecified atom stereocenters. The van der Waals surface area contributed by atoms with E-state index in [-0.39, 0.29) is 29.0 Å². The van der Waals surface area contributed by atoms with Crippen molar-refractivity contribution in [1.29, 1.82) is 0 Å². The van der Waals surface area contributed by atoms with Gasteiger partial charge < -0.3 is 14.8 Å². The van der Waals surface area contributed by atoms with Crippen molar-refractivity contribution in [2.45, 2.75) is 19.9 Å². The molecule has 1 aliphatic rings. The van der Waals surface area contributed by atoms with Gasteiger partial charge in [0.2, 0.25) is 0 Å². The average Bonchev–Trinajstić information content (AvgIpc) is 3.06. The van der Waals surface area contributed by atoms with Crippen molar-refractivity contribution in [3.63, 3.8) is 0 Å². The van der Waals surface area contributed by atoms with Crippen LogP contribution in [0.1, 0.15) is 19.4 Å². The normalized spacial score (nSPS) is 15.5. The van der Waals surface area contributed by atoms with Crippen LogP contribution in [0.5, 0.6) is 5.75 Å². The summed E-state index contributed by atoms with van der Waals surface area (Å²) in [5.74, 6) is -1.28. The molecule has 1 atom stereocenters. The van der Waals surface area contributed by atoms with Crippen molar-refractivity contribution in [3.05, 3.63) is 64.0 Å². The maximum Gasteiger partial charge on any atom is 0.329 e. The first-order valence-electron chi connectivity index (χ1n) is 10.0. The van der Waals surface area contributed by atoms with Gasteiger partial charge in [0.25, 0.3) is 17.1 Å². The lowest BCUT2D eigenvalue weighted by atomic mass is 10.2. The number of para-hydroxylation sites is 1. The molecule has 1 saturated heterocycles. The molecular formula is C23H21ClN2O6S. The molecule has 0 bridgehead atoms. The Labute approximate surface area is 199 Å². The van der Waals surface area contributed by atoms with Gasteiger partial charge in [-0.15, -0.1) is 0 Å². The van der Waals surface area contributed by atoms with Crippen LogP contribution in [-0.4, -0.2) is 47.2 Å². The van der Waals surface area contributed by atoms with Gasteiger partial charge in [-0.2, -0.15) is 0 Å². The van der Waals surface area contributed by atoms with E-state index < -0.39 is 23.2 Å². The second-order valence-corrected chi connectivity index (χ2v) is 8.27. The minimum atomic E-state index is -1.02. The zero-order valence-electron chi connectivity index (χ0n) is 17.9. The summed E-state index contributed by atoms with van der Waals surface area (Å²) in [5, 5.41) is 2.38. The smallest absolute Gasteiger partial charge is 0.329 e. The van der Waals surface area contributed by atoms with E-state index in [0.29, 0.717) is 17.0 Å². The van der Waals surface area contributed by atoms with Crippen molar-refractivity contribution in [1.82, 2.24) is 4.90 Å². The van der Waals surface area contributed by atoms with E-state index >= 15 is 0 Å². The largest absolute Gasteiger partial charge is 0.482 e. The molecule has 1 aliphatic heterocycles. The summed E-state index contributed by atoms with van der Waals surface area (Å²) in [6, 6.07) is 12.7.